The maximum atomic E-state index is 12.5. The fraction of sp³-hybridized carbons (Fsp3) is 0.136. The molecule has 0 fully saturated rings. The van der Waals surface area contributed by atoms with Crippen molar-refractivity contribution in [1.82, 2.24) is 4.98 Å². The third kappa shape index (κ3) is 4.73. The molecule has 0 saturated heterocycles. The van der Waals surface area contributed by atoms with Crippen LogP contribution in [0.5, 0.6) is 5.75 Å². The van der Waals surface area contributed by atoms with Crippen molar-refractivity contribution in [3.05, 3.63) is 83.2 Å². The molecule has 1 aromatic heterocycles. The third-order valence-corrected chi connectivity index (χ3v) is 4.06. The second-order valence-corrected chi connectivity index (χ2v) is 6.45. The SMILES string of the molecule is COc1cccc(NC(=O)c2ccnc(C(=O)Nc3cc(C)cc(C)c3)c2)c1. The van der Waals surface area contributed by atoms with Gasteiger partial charge in [-0.25, -0.2) is 0 Å². The standard InChI is InChI=1S/C22H21N3O3/c1-14-9-15(2)11-18(10-14)25-22(27)20-12-16(7-8-23-20)21(26)24-17-5-4-6-19(13-17)28-3/h4-13H,1-3H3,(H,24,26)(H,25,27). The smallest absolute Gasteiger partial charge is 0.274 e. The Morgan fingerprint density at radius 2 is 1.57 bits per heavy atom. The van der Waals surface area contributed by atoms with E-state index in [1.54, 1.807) is 37.4 Å². The summed E-state index contributed by atoms with van der Waals surface area (Å²) in [6, 6.07) is 15.9. The van der Waals surface area contributed by atoms with Gasteiger partial charge in [-0.1, -0.05) is 12.1 Å². The summed E-state index contributed by atoms with van der Waals surface area (Å²) in [6.45, 7) is 3.93. The van der Waals surface area contributed by atoms with Crippen LogP contribution in [-0.4, -0.2) is 23.9 Å². The zero-order valence-corrected chi connectivity index (χ0v) is 15.9. The minimum absolute atomic E-state index is 0.164. The molecule has 6 heteroatoms. The van der Waals surface area contributed by atoms with Gasteiger partial charge >= 0.3 is 0 Å². The van der Waals surface area contributed by atoms with Crippen molar-refractivity contribution in [2.45, 2.75) is 13.8 Å². The summed E-state index contributed by atoms with van der Waals surface area (Å²) in [5, 5.41) is 5.61. The second kappa shape index (κ2) is 8.35. The second-order valence-electron chi connectivity index (χ2n) is 6.45. The number of benzene rings is 2. The Hall–Kier alpha value is -3.67. The first-order chi connectivity index (χ1) is 13.4. The summed E-state index contributed by atoms with van der Waals surface area (Å²) in [5.74, 6) is -0.0711. The Labute approximate surface area is 163 Å². The van der Waals surface area contributed by atoms with Gasteiger partial charge in [0.1, 0.15) is 11.4 Å². The minimum Gasteiger partial charge on any atom is -0.497 e. The molecule has 0 atom stereocenters. The van der Waals surface area contributed by atoms with Crippen molar-refractivity contribution in [2.24, 2.45) is 0 Å². The Bertz CT molecular complexity index is 1010. The molecule has 3 aromatic rings. The van der Waals surface area contributed by atoms with Gasteiger partial charge < -0.3 is 15.4 Å². The zero-order chi connectivity index (χ0) is 20.1. The van der Waals surface area contributed by atoms with Gasteiger partial charge in [0.25, 0.3) is 11.8 Å². The van der Waals surface area contributed by atoms with E-state index in [1.165, 1.54) is 12.3 Å². The van der Waals surface area contributed by atoms with Crippen LogP contribution in [0, 0.1) is 13.8 Å². The number of nitrogens with zero attached hydrogens (tertiary/aromatic N) is 1. The molecule has 0 aliphatic heterocycles. The topological polar surface area (TPSA) is 80.3 Å². The number of hydrogen-bond donors (Lipinski definition) is 2. The van der Waals surface area contributed by atoms with E-state index in [4.69, 9.17) is 4.74 Å². The highest BCUT2D eigenvalue weighted by atomic mass is 16.5. The van der Waals surface area contributed by atoms with E-state index < -0.39 is 0 Å². The highest BCUT2D eigenvalue weighted by Crippen LogP contribution is 2.18. The fourth-order valence-electron chi connectivity index (χ4n) is 2.84. The van der Waals surface area contributed by atoms with Crippen molar-refractivity contribution in [2.75, 3.05) is 17.7 Å². The van der Waals surface area contributed by atoms with Crippen LogP contribution in [0.15, 0.2) is 60.8 Å². The number of aryl methyl sites for hydroxylation is 2. The monoisotopic (exact) mass is 375 g/mol. The van der Waals surface area contributed by atoms with Gasteiger partial charge in [-0.15, -0.1) is 0 Å². The molecule has 0 unspecified atom stereocenters. The fourth-order valence-corrected chi connectivity index (χ4v) is 2.84. The number of aromatic nitrogens is 1. The largest absolute Gasteiger partial charge is 0.497 e. The summed E-state index contributed by atoms with van der Waals surface area (Å²) in [5.41, 5.74) is 3.89. The molecule has 2 aromatic carbocycles. The van der Waals surface area contributed by atoms with Crippen molar-refractivity contribution >= 4 is 23.2 Å². The molecule has 28 heavy (non-hydrogen) atoms. The van der Waals surface area contributed by atoms with E-state index in [0.29, 0.717) is 22.7 Å². The first kappa shape index (κ1) is 19.1. The summed E-state index contributed by atoms with van der Waals surface area (Å²) in [4.78, 5) is 29.1. The van der Waals surface area contributed by atoms with Crippen LogP contribution in [0.1, 0.15) is 32.0 Å². The van der Waals surface area contributed by atoms with Crippen LogP contribution in [0.3, 0.4) is 0 Å². The predicted molar refractivity (Wildman–Crippen MR) is 109 cm³/mol. The van der Waals surface area contributed by atoms with E-state index in [-0.39, 0.29) is 17.5 Å². The molecule has 6 nitrogen and oxygen atoms in total. The van der Waals surface area contributed by atoms with Crippen LogP contribution < -0.4 is 15.4 Å². The summed E-state index contributed by atoms with van der Waals surface area (Å²) in [6.07, 6.45) is 1.44. The quantitative estimate of drug-likeness (QED) is 0.700. The molecule has 0 bridgehead atoms. The van der Waals surface area contributed by atoms with Gasteiger partial charge in [0, 0.05) is 29.2 Å². The average Bonchev–Trinajstić information content (AvgIpc) is 2.67. The number of carbonyl (C=O) groups is 2. The van der Waals surface area contributed by atoms with Crippen LogP contribution in [0.2, 0.25) is 0 Å². The molecule has 3 rings (SSSR count). The lowest BCUT2D eigenvalue weighted by molar-refractivity contribution is 0.102. The van der Waals surface area contributed by atoms with Crippen molar-refractivity contribution in [3.63, 3.8) is 0 Å². The van der Waals surface area contributed by atoms with E-state index in [2.05, 4.69) is 15.6 Å². The van der Waals surface area contributed by atoms with E-state index >= 15 is 0 Å². The number of hydrogen-bond acceptors (Lipinski definition) is 4. The summed E-state index contributed by atoms with van der Waals surface area (Å²) < 4.78 is 5.15. The van der Waals surface area contributed by atoms with Gasteiger partial charge in [-0.3, -0.25) is 14.6 Å². The van der Waals surface area contributed by atoms with Crippen LogP contribution in [-0.2, 0) is 0 Å². The number of pyridine rings is 1. The van der Waals surface area contributed by atoms with E-state index in [9.17, 15) is 9.59 Å². The predicted octanol–water partition coefficient (Wildman–Crippen LogP) is 4.21. The lowest BCUT2D eigenvalue weighted by Crippen LogP contribution is -2.17. The molecule has 0 saturated carbocycles. The number of anilines is 2. The highest BCUT2D eigenvalue weighted by molar-refractivity contribution is 6.07. The molecule has 2 N–H and O–H groups in total. The Morgan fingerprint density at radius 1 is 0.857 bits per heavy atom. The molecule has 0 radical (unpaired) electrons. The van der Waals surface area contributed by atoms with Crippen LogP contribution in [0.4, 0.5) is 11.4 Å². The van der Waals surface area contributed by atoms with Crippen LogP contribution in [0.25, 0.3) is 0 Å². The molecule has 0 aliphatic carbocycles. The number of nitrogens with one attached hydrogen (secondary N) is 2. The average molecular weight is 375 g/mol. The minimum atomic E-state index is -0.374. The van der Waals surface area contributed by atoms with Gasteiger partial charge in [0.05, 0.1) is 7.11 Å². The maximum Gasteiger partial charge on any atom is 0.274 e. The summed E-state index contributed by atoms with van der Waals surface area (Å²) in [7, 11) is 1.56. The highest BCUT2D eigenvalue weighted by Gasteiger charge is 2.13. The molecule has 1 heterocycles. The number of methoxy groups -OCH3 is 1. The first-order valence-corrected chi connectivity index (χ1v) is 8.76. The molecule has 0 spiro atoms. The zero-order valence-electron chi connectivity index (χ0n) is 15.9. The third-order valence-electron chi connectivity index (χ3n) is 4.06. The Kier molecular flexibility index (Phi) is 5.69. The lowest BCUT2D eigenvalue weighted by Gasteiger charge is -2.09. The van der Waals surface area contributed by atoms with Gasteiger partial charge in [-0.05, 0) is 61.4 Å². The number of ether oxygens (including phenoxy) is 1. The van der Waals surface area contributed by atoms with Gasteiger partial charge in [0.15, 0.2) is 0 Å². The maximum absolute atomic E-state index is 12.5. The van der Waals surface area contributed by atoms with Crippen molar-refractivity contribution in [3.8, 4) is 5.75 Å². The van der Waals surface area contributed by atoms with Gasteiger partial charge in [-0.2, -0.15) is 0 Å². The summed E-state index contributed by atoms with van der Waals surface area (Å²) >= 11 is 0. The number of carbonyl (C=O) groups excluding carboxylic acids is 2. The normalized spacial score (nSPS) is 10.2. The Balaban J connectivity index is 1.75. The Morgan fingerprint density at radius 3 is 2.29 bits per heavy atom. The van der Waals surface area contributed by atoms with E-state index in [1.807, 2.05) is 32.0 Å². The van der Waals surface area contributed by atoms with Crippen molar-refractivity contribution in [1.29, 1.82) is 0 Å². The molecular weight excluding hydrogens is 354 g/mol. The van der Waals surface area contributed by atoms with Crippen molar-refractivity contribution < 1.29 is 14.3 Å². The van der Waals surface area contributed by atoms with Gasteiger partial charge in [0.2, 0.25) is 0 Å². The first-order valence-electron chi connectivity index (χ1n) is 8.76. The molecule has 142 valence electrons. The number of amides is 2. The molecule has 0 aliphatic rings. The lowest BCUT2D eigenvalue weighted by atomic mass is 10.1. The molecule has 2 amide bonds. The van der Waals surface area contributed by atoms with Crippen LogP contribution >= 0.6 is 0 Å². The molecular formula is C22H21N3O3. The number of rotatable bonds is 5. The van der Waals surface area contributed by atoms with E-state index in [0.717, 1.165) is 11.1 Å².